The minimum absolute atomic E-state index is 0.145. The summed E-state index contributed by atoms with van der Waals surface area (Å²) in [7, 11) is 0. The van der Waals surface area contributed by atoms with E-state index < -0.39 is 0 Å². The highest BCUT2D eigenvalue weighted by molar-refractivity contribution is 5.97. The average Bonchev–Trinajstić information content (AvgIpc) is 3.23. The molecule has 4 heteroatoms. The van der Waals surface area contributed by atoms with Crippen molar-refractivity contribution in [3.8, 4) is 0 Å². The van der Waals surface area contributed by atoms with Gasteiger partial charge in [-0.3, -0.25) is 4.79 Å². The third kappa shape index (κ3) is 2.79. The highest BCUT2D eigenvalue weighted by Gasteiger charge is 2.35. The first-order valence-corrected chi connectivity index (χ1v) is 9.56. The second-order valence-corrected chi connectivity index (χ2v) is 7.00. The van der Waals surface area contributed by atoms with Crippen LogP contribution < -0.4 is 4.90 Å². The van der Waals surface area contributed by atoms with E-state index in [9.17, 15) is 4.79 Å². The molecule has 134 valence electrons. The van der Waals surface area contributed by atoms with Gasteiger partial charge in [0.25, 0.3) is 0 Å². The number of para-hydroxylation sites is 3. The van der Waals surface area contributed by atoms with Crippen molar-refractivity contribution in [2.45, 2.75) is 45.6 Å². The standard InChI is InChI=1S/C22H25N3O/c1-3-13-24-20-12-8-6-10-18(20)23-22(24)17-14-21(26)25(15-17)19-11-7-5-9-16(19)4-2/h5-12,17H,3-4,13-15H2,1-2H3/t17-/m1/s1. The monoisotopic (exact) mass is 347 g/mol. The molecule has 0 N–H and O–H groups in total. The lowest BCUT2D eigenvalue weighted by Gasteiger charge is -2.20. The number of carbonyl (C=O) groups excluding carboxylic acids is 1. The molecule has 2 heterocycles. The zero-order chi connectivity index (χ0) is 18.1. The number of hydrogen-bond donors (Lipinski definition) is 0. The Bertz CT molecular complexity index is 943. The van der Waals surface area contributed by atoms with Crippen LogP contribution >= 0.6 is 0 Å². The van der Waals surface area contributed by atoms with Crippen molar-refractivity contribution >= 4 is 22.6 Å². The van der Waals surface area contributed by atoms with Crippen molar-refractivity contribution in [2.75, 3.05) is 11.4 Å². The normalized spacial score (nSPS) is 17.4. The summed E-state index contributed by atoms with van der Waals surface area (Å²) in [6.07, 6.45) is 2.51. The van der Waals surface area contributed by atoms with Crippen molar-refractivity contribution in [3.63, 3.8) is 0 Å². The highest BCUT2D eigenvalue weighted by Crippen LogP contribution is 2.34. The number of aryl methyl sites for hydroxylation is 2. The van der Waals surface area contributed by atoms with Gasteiger partial charge in [-0.25, -0.2) is 4.98 Å². The molecule has 4 nitrogen and oxygen atoms in total. The van der Waals surface area contributed by atoms with E-state index in [0.29, 0.717) is 13.0 Å². The first kappa shape index (κ1) is 16.8. The second-order valence-electron chi connectivity index (χ2n) is 7.00. The molecule has 2 aromatic carbocycles. The molecule has 4 rings (SSSR count). The number of imidazole rings is 1. The van der Waals surface area contributed by atoms with Crippen molar-refractivity contribution in [1.29, 1.82) is 0 Å². The number of hydrogen-bond acceptors (Lipinski definition) is 2. The Kier molecular flexibility index (Phi) is 4.49. The SMILES string of the molecule is CCCn1c([C@@H]2CC(=O)N(c3ccccc3CC)C2)nc2ccccc21. The van der Waals surface area contributed by atoms with Gasteiger partial charge in [-0.05, 0) is 36.6 Å². The second kappa shape index (κ2) is 6.94. The fraction of sp³-hybridized carbons (Fsp3) is 0.364. The smallest absolute Gasteiger partial charge is 0.227 e. The Labute approximate surface area is 154 Å². The topological polar surface area (TPSA) is 38.1 Å². The van der Waals surface area contributed by atoms with E-state index >= 15 is 0 Å². The zero-order valence-electron chi connectivity index (χ0n) is 15.5. The molecule has 0 bridgehead atoms. The van der Waals surface area contributed by atoms with Gasteiger partial charge in [0.05, 0.1) is 11.0 Å². The number of amides is 1. The zero-order valence-corrected chi connectivity index (χ0v) is 15.5. The fourth-order valence-electron chi connectivity index (χ4n) is 4.05. The maximum absolute atomic E-state index is 12.8. The Morgan fingerprint density at radius 1 is 1.08 bits per heavy atom. The molecule has 0 radical (unpaired) electrons. The van der Waals surface area contributed by atoms with Gasteiger partial charge in [-0.15, -0.1) is 0 Å². The first-order chi connectivity index (χ1) is 12.7. The lowest BCUT2D eigenvalue weighted by molar-refractivity contribution is -0.117. The Balaban J connectivity index is 1.71. The predicted octanol–water partition coefficient (Wildman–Crippen LogP) is 4.53. The maximum Gasteiger partial charge on any atom is 0.227 e. The summed E-state index contributed by atoms with van der Waals surface area (Å²) in [5.74, 6) is 1.40. The van der Waals surface area contributed by atoms with Crippen LogP contribution in [-0.4, -0.2) is 22.0 Å². The molecule has 1 aromatic heterocycles. The van der Waals surface area contributed by atoms with Gasteiger partial charge in [-0.1, -0.05) is 44.2 Å². The summed E-state index contributed by atoms with van der Waals surface area (Å²) in [4.78, 5) is 19.7. The van der Waals surface area contributed by atoms with Crippen molar-refractivity contribution in [1.82, 2.24) is 9.55 Å². The van der Waals surface area contributed by atoms with Gasteiger partial charge in [-0.2, -0.15) is 0 Å². The number of aromatic nitrogens is 2. The van der Waals surface area contributed by atoms with E-state index in [2.05, 4.69) is 48.7 Å². The Hall–Kier alpha value is -2.62. The van der Waals surface area contributed by atoms with E-state index in [0.717, 1.165) is 36.4 Å². The van der Waals surface area contributed by atoms with Crippen molar-refractivity contribution in [3.05, 3.63) is 59.9 Å². The fourth-order valence-corrected chi connectivity index (χ4v) is 4.05. The van der Waals surface area contributed by atoms with E-state index in [1.807, 2.05) is 23.1 Å². The Morgan fingerprint density at radius 2 is 1.85 bits per heavy atom. The van der Waals surface area contributed by atoms with Gasteiger partial charge in [0.1, 0.15) is 5.82 Å². The van der Waals surface area contributed by atoms with Gasteiger partial charge in [0.2, 0.25) is 5.91 Å². The largest absolute Gasteiger partial charge is 0.328 e. The van der Waals surface area contributed by atoms with Gasteiger partial charge < -0.3 is 9.47 Å². The van der Waals surface area contributed by atoms with Crippen LogP contribution in [0.15, 0.2) is 48.5 Å². The van der Waals surface area contributed by atoms with Crippen LogP contribution in [0.5, 0.6) is 0 Å². The lowest BCUT2D eigenvalue weighted by atomic mass is 10.1. The van der Waals surface area contributed by atoms with Crippen LogP contribution in [0.1, 0.15) is 44.0 Å². The number of benzene rings is 2. The number of rotatable bonds is 5. The molecule has 1 fully saturated rings. The van der Waals surface area contributed by atoms with Crippen LogP contribution in [0.25, 0.3) is 11.0 Å². The third-order valence-corrected chi connectivity index (χ3v) is 5.28. The van der Waals surface area contributed by atoms with Crippen LogP contribution in [0.4, 0.5) is 5.69 Å². The molecular weight excluding hydrogens is 322 g/mol. The Morgan fingerprint density at radius 3 is 2.65 bits per heavy atom. The molecule has 1 amide bonds. The molecule has 1 aliphatic rings. The number of carbonyl (C=O) groups is 1. The predicted molar refractivity (Wildman–Crippen MR) is 106 cm³/mol. The molecule has 0 spiro atoms. The van der Waals surface area contributed by atoms with E-state index in [-0.39, 0.29) is 11.8 Å². The molecule has 3 aromatic rings. The molecule has 1 atom stereocenters. The van der Waals surface area contributed by atoms with E-state index in [1.165, 1.54) is 11.1 Å². The maximum atomic E-state index is 12.8. The molecule has 1 saturated heterocycles. The quantitative estimate of drug-likeness (QED) is 0.680. The molecule has 0 saturated carbocycles. The van der Waals surface area contributed by atoms with E-state index in [1.54, 1.807) is 0 Å². The summed E-state index contributed by atoms with van der Waals surface area (Å²) >= 11 is 0. The van der Waals surface area contributed by atoms with E-state index in [4.69, 9.17) is 4.98 Å². The summed E-state index contributed by atoms with van der Waals surface area (Å²) in [5.41, 5.74) is 4.48. The van der Waals surface area contributed by atoms with Gasteiger partial charge in [0, 0.05) is 31.1 Å². The third-order valence-electron chi connectivity index (χ3n) is 5.28. The summed E-state index contributed by atoms with van der Waals surface area (Å²) in [6, 6.07) is 16.5. The molecule has 26 heavy (non-hydrogen) atoms. The summed E-state index contributed by atoms with van der Waals surface area (Å²) in [6.45, 7) is 5.97. The summed E-state index contributed by atoms with van der Waals surface area (Å²) < 4.78 is 2.31. The lowest BCUT2D eigenvalue weighted by Crippen LogP contribution is -2.25. The molecule has 0 unspecified atom stereocenters. The van der Waals surface area contributed by atoms with Crippen LogP contribution in [0, 0.1) is 0 Å². The first-order valence-electron chi connectivity index (χ1n) is 9.56. The summed E-state index contributed by atoms with van der Waals surface area (Å²) in [5, 5.41) is 0. The van der Waals surface area contributed by atoms with Crippen molar-refractivity contribution in [2.24, 2.45) is 0 Å². The van der Waals surface area contributed by atoms with Gasteiger partial charge in [0.15, 0.2) is 0 Å². The van der Waals surface area contributed by atoms with Crippen molar-refractivity contribution < 1.29 is 4.79 Å². The molecule has 0 aliphatic carbocycles. The van der Waals surface area contributed by atoms with Crippen LogP contribution in [0.3, 0.4) is 0 Å². The van der Waals surface area contributed by atoms with Gasteiger partial charge >= 0.3 is 0 Å². The molecular formula is C22H25N3O. The highest BCUT2D eigenvalue weighted by atomic mass is 16.2. The number of anilines is 1. The molecule has 1 aliphatic heterocycles. The number of fused-ring (bicyclic) bond motifs is 1. The average molecular weight is 347 g/mol. The minimum Gasteiger partial charge on any atom is -0.328 e. The number of nitrogens with zero attached hydrogens (tertiary/aromatic N) is 3. The van der Waals surface area contributed by atoms with Crippen LogP contribution in [0.2, 0.25) is 0 Å². The van der Waals surface area contributed by atoms with Crippen LogP contribution in [-0.2, 0) is 17.8 Å². The minimum atomic E-state index is 0.145.